The van der Waals surface area contributed by atoms with E-state index in [2.05, 4.69) is 10.2 Å². The van der Waals surface area contributed by atoms with Crippen LogP contribution in [0.15, 0.2) is 33.5 Å². The van der Waals surface area contributed by atoms with Gasteiger partial charge < -0.3 is 19.2 Å². The van der Waals surface area contributed by atoms with Crippen LogP contribution in [0.25, 0.3) is 11.0 Å². The van der Waals surface area contributed by atoms with E-state index in [1.54, 1.807) is 18.2 Å². The van der Waals surface area contributed by atoms with Crippen LogP contribution in [0.3, 0.4) is 0 Å². The highest BCUT2D eigenvalue weighted by Gasteiger charge is 2.14. The van der Waals surface area contributed by atoms with Crippen molar-refractivity contribution in [3.8, 4) is 5.75 Å². The number of fused-ring (bicyclic) bond motifs is 1. The van der Waals surface area contributed by atoms with Gasteiger partial charge in [-0.05, 0) is 25.1 Å². The second-order valence-corrected chi connectivity index (χ2v) is 5.90. The summed E-state index contributed by atoms with van der Waals surface area (Å²) in [4.78, 5) is 26.5. The second-order valence-electron chi connectivity index (χ2n) is 5.90. The number of hydrogen-bond donors (Lipinski definition) is 1. The molecule has 1 N–H and O–H groups in total. The Labute approximate surface area is 145 Å². The molecule has 25 heavy (non-hydrogen) atoms. The normalized spacial score (nSPS) is 15.2. The third-order valence-electron chi connectivity index (χ3n) is 4.24. The number of methoxy groups -OCH3 is 1. The van der Waals surface area contributed by atoms with Crippen LogP contribution in [-0.4, -0.2) is 57.3 Å². The van der Waals surface area contributed by atoms with E-state index in [0.29, 0.717) is 28.8 Å². The molecular weight excluding hydrogens is 324 g/mol. The Morgan fingerprint density at radius 2 is 2.08 bits per heavy atom. The molecule has 3 rings (SSSR count). The summed E-state index contributed by atoms with van der Waals surface area (Å²) in [5.74, 6) is 0.295. The molecule has 0 bridgehead atoms. The van der Waals surface area contributed by atoms with Gasteiger partial charge in [-0.15, -0.1) is 0 Å². The smallest absolute Gasteiger partial charge is 0.337 e. The molecule has 0 aliphatic carbocycles. The van der Waals surface area contributed by atoms with Gasteiger partial charge in [0.05, 0.1) is 25.9 Å². The van der Waals surface area contributed by atoms with Crippen LogP contribution < -0.4 is 15.7 Å². The van der Waals surface area contributed by atoms with Gasteiger partial charge in [-0.25, -0.2) is 4.79 Å². The van der Waals surface area contributed by atoms with Gasteiger partial charge in [0.2, 0.25) is 0 Å². The Bertz CT molecular complexity index is 796. The van der Waals surface area contributed by atoms with Crippen molar-refractivity contribution < 1.29 is 18.7 Å². The maximum atomic E-state index is 12.5. The highest BCUT2D eigenvalue weighted by Crippen LogP contribution is 2.22. The molecule has 0 atom stereocenters. The Hall–Kier alpha value is -2.38. The average Bonchev–Trinajstić information content (AvgIpc) is 2.64. The maximum absolute atomic E-state index is 12.5. The van der Waals surface area contributed by atoms with Gasteiger partial charge in [0.15, 0.2) is 0 Å². The lowest BCUT2D eigenvalue weighted by molar-refractivity contribution is 0.0374. The number of amides is 1. The summed E-state index contributed by atoms with van der Waals surface area (Å²) in [6, 6.07) is 6.29. The molecule has 1 aromatic heterocycles. The molecule has 1 amide bonds. The summed E-state index contributed by atoms with van der Waals surface area (Å²) in [5.41, 5.74) is 0.102. The molecule has 0 spiro atoms. The first kappa shape index (κ1) is 17.4. The zero-order chi connectivity index (χ0) is 17.6. The molecule has 7 heteroatoms. The minimum atomic E-state index is -0.556. The molecule has 1 aromatic carbocycles. The van der Waals surface area contributed by atoms with E-state index in [1.165, 1.54) is 13.2 Å². The van der Waals surface area contributed by atoms with Crippen LogP contribution in [-0.2, 0) is 4.74 Å². The standard InChI is InChI=1S/C18H22N2O5/c1-23-13-3-4-14-15(12-17(21)25-16(14)11-13)18(22)19-5-2-6-20-7-9-24-10-8-20/h3-4,11-12H,2,5-10H2,1H3,(H,19,22). The van der Waals surface area contributed by atoms with E-state index in [1.807, 2.05) is 0 Å². The van der Waals surface area contributed by atoms with Crippen LogP contribution in [0.2, 0.25) is 0 Å². The lowest BCUT2D eigenvalue weighted by Crippen LogP contribution is -2.38. The van der Waals surface area contributed by atoms with Crippen LogP contribution in [0.1, 0.15) is 16.8 Å². The molecule has 1 aliphatic rings. The molecule has 1 fully saturated rings. The first-order valence-corrected chi connectivity index (χ1v) is 8.37. The first-order chi connectivity index (χ1) is 12.2. The lowest BCUT2D eigenvalue weighted by atomic mass is 10.1. The van der Waals surface area contributed by atoms with E-state index >= 15 is 0 Å². The number of rotatable bonds is 6. The van der Waals surface area contributed by atoms with Gasteiger partial charge in [-0.3, -0.25) is 9.69 Å². The van der Waals surface area contributed by atoms with Gasteiger partial charge in [0.25, 0.3) is 5.91 Å². The minimum absolute atomic E-state index is 0.273. The summed E-state index contributed by atoms with van der Waals surface area (Å²) < 4.78 is 15.6. The van der Waals surface area contributed by atoms with E-state index in [0.717, 1.165) is 39.3 Å². The van der Waals surface area contributed by atoms with Crippen molar-refractivity contribution in [2.75, 3.05) is 46.5 Å². The van der Waals surface area contributed by atoms with Gasteiger partial charge in [-0.1, -0.05) is 0 Å². The fourth-order valence-electron chi connectivity index (χ4n) is 2.88. The predicted octanol–water partition coefficient (Wildman–Crippen LogP) is 1.25. The number of carbonyl (C=O) groups is 1. The van der Waals surface area contributed by atoms with Crippen molar-refractivity contribution in [3.63, 3.8) is 0 Å². The predicted molar refractivity (Wildman–Crippen MR) is 93.2 cm³/mol. The zero-order valence-electron chi connectivity index (χ0n) is 14.2. The molecule has 7 nitrogen and oxygen atoms in total. The number of ether oxygens (including phenoxy) is 2. The monoisotopic (exact) mass is 346 g/mol. The quantitative estimate of drug-likeness (QED) is 0.626. The summed E-state index contributed by atoms with van der Waals surface area (Å²) in [7, 11) is 1.53. The highest BCUT2D eigenvalue weighted by atomic mass is 16.5. The van der Waals surface area contributed by atoms with Gasteiger partial charge in [-0.2, -0.15) is 0 Å². The third kappa shape index (κ3) is 4.37. The summed E-state index contributed by atoms with van der Waals surface area (Å²) >= 11 is 0. The fourth-order valence-corrected chi connectivity index (χ4v) is 2.88. The van der Waals surface area contributed by atoms with Crippen LogP contribution in [0, 0.1) is 0 Å². The third-order valence-corrected chi connectivity index (χ3v) is 4.24. The van der Waals surface area contributed by atoms with E-state index in [9.17, 15) is 9.59 Å². The molecular formula is C18H22N2O5. The molecule has 1 aliphatic heterocycles. The van der Waals surface area contributed by atoms with Crippen molar-refractivity contribution in [3.05, 3.63) is 40.2 Å². The highest BCUT2D eigenvalue weighted by molar-refractivity contribution is 6.05. The molecule has 0 unspecified atom stereocenters. The van der Waals surface area contributed by atoms with Crippen molar-refractivity contribution in [2.45, 2.75) is 6.42 Å². The van der Waals surface area contributed by atoms with Crippen molar-refractivity contribution in [1.29, 1.82) is 0 Å². The number of hydrogen-bond acceptors (Lipinski definition) is 6. The van der Waals surface area contributed by atoms with E-state index in [-0.39, 0.29) is 5.91 Å². The SMILES string of the molecule is COc1ccc2c(C(=O)NCCCN3CCOCC3)cc(=O)oc2c1. The lowest BCUT2D eigenvalue weighted by Gasteiger charge is -2.26. The Balaban J connectivity index is 1.64. The average molecular weight is 346 g/mol. The molecule has 1 saturated heterocycles. The van der Waals surface area contributed by atoms with Crippen LogP contribution in [0.4, 0.5) is 0 Å². The maximum Gasteiger partial charge on any atom is 0.337 e. The Kier molecular flexibility index (Phi) is 5.67. The Morgan fingerprint density at radius 1 is 1.28 bits per heavy atom. The largest absolute Gasteiger partial charge is 0.497 e. The Morgan fingerprint density at radius 3 is 2.84 bits per heavy atom. The molecule has 0 radical (unpaired) electrons. The summed E-state index contributed by atoms with van der Waals surface area (Å²) in [6.45, 7) is 4.86. The number of carbonyl (C=O) groups excluding carboxylic acids is 1. The van der Waals surface area contributed by atoms with Gasteiger partial charge in [0.1, 0.15) is 11.3 Å². The number of nitrogens with one attached hydrogen (secondary N) is 1. The molecule has 2 aromatic rings. The van der Waals surface area contributed by atoms with Gasteiger partial charge >= 0.3 is 5.63 Å². The minimum Gasteiger partial charge on any atom is -0.497 e. The van der Waals surface area contributed by atoms with E-state index < -0.39 is 5.63 Å². The molecule has 2 heterocycles. The second kappa shape index (κ2) is 8.13. The topological polar surface area (TPSA) is 81.0 Å². The van der Waals surface area contributed by atoms with Crippen LogP contribution >= 0.6 is 0 Å². The van der Waals surface area contributed by atoms with Crippen molar-refractivity contribution >= 4 is 16.9 Å². The number of benzene rings is 1. The van der Waals surface area contributed by atoms with E-state index in [4.69, 9.17) is 13.9 Å². The zero-order valence-corrected chi connectivity index (χ0v) is 14.2. The number of morpholine rings is 1. The fraction of sp³-hybridized carbons (Fsp3) is 0.444. The first-order valence-electron chi connectivity index (χ1n) is 8.37. The molecule has 0 saturated carbocycles. The van der Waals surface area contributed by atoms with Crippen LogP contribution in [0.5, 0.6) is 5.75 Å². The van der Waals surface area contributed by atoms with Crippen molar-refractivity contribution in [1.82, 2.24) is 10.2 Å². The summed E-state index contributed by atoms with van der Waals surface area (Å²) in [6.07, 6.45) is 0.846. The van der Waals surface area contributed by atoms with Gasteiger partial charge in [0, 0.05) is 37.2 Å². The molecule has 134 valence electrons. The van der Waals surface area contributed by atoms with Crippen molar-refractivity contribution in [2.24, 2.45) is 0 Å². The summed E-state index contributed by atoms with van der Waals surface area (Å²) in [5, 5.41) is 3.47. The number of nitrogens with zero attached hydrogens (tertiary/aromatic N) is 1.